The molecule has 1 aliphatic rings. The van der Waals surface area contributed by atoms with E-state index in [-0.39, 0.29) is 30.6 Å². The second-order valence-corrected chi connectivity index (χ2v) is 5.48. The molecule has 4 nitrogen and oxygen atoms in total. The van der Waals surface area contributed by atoms with Crippen molar-refractivity contribution in [3.8, 4) is 0 Å². The van der Waals surface area contributed by atoms with E-state index >= 15 is 0 Å². The van der Waals surface area contributed by atoms with E-state index in [4.69, 9.17) is 5.11 Å². The summed E-state index contributed by atoms with van der Waals surface area (Å²) in [5, 5.41) is 8.79. The molecule has 2 rings (SSSR count). The van der Waals surface area contributed by atoms with E-state index in [1.165, 1.54) is 12.1 Å². The van der Waals surface area contributed by atoms with Gasteiger partial charge in [-0.15, -0.1) is 0 Å². The third kappa shape index (κ3) is 4.55. The largest absolute Gasteiger partial charge is 0.481 e. The summed E-state index contributed by atoms with van der Waals surface area (Å²) in [6.45, 7) is 0.665. The number of nitrogens with zero attached hydrogens (tertiary/aromatic N) is 1. The topological polar surface area (TPSA) is 57.6 Å². The van der Waals surface area contributed by atoms with E-state index < -0.39 is 5.97 Å². The van der Waals surface area contributed by atoms with Crippen LogP contribution in [0.4, 0.5) is 4.39 Å². The van der Waals surface area contributed by atoms with Gasteiger partial charge < -0.3 is 10.0 Å². The third-order valence-corrected chi connectivity index (χ3v) is 3.88. The molecule has 0 saturated carbocycles. The summed E-state index contributed by atoms with van der Waals surface area (Å²) in [5.74, 6) is -1.23. The third-order valence-electron chi connectivity index (χ3n) is 3.88. The minimum atomic E-state index is -0.835. The summed E-state index contributed by atoms with van der Waals surface area (Å²) in [4.78, 5) is 24.9. The van der Waals surface area contributed by atoms with Crippen molar-refractivity contribution in [3.05, 3.63) is 35.6 Å². The van der Waals surface area contributed by atoms with E-state index in [9.17, 15) is 14.0 Å². The molecule has 0 bridgehead atoms. The van der Waals surface area contributed by atoms with Crippen LogP contribution >= 0.6 is 0 Å². The molecular weight excluding hydrogens is 273 g/mol. The lowest BCUT2D eigenvalue weighted by Crippen LogP contribution is -2.44. The maximum Gasteiger partial charge on any atom is 0.303 e. The van der Waals surface area contributed by atoms with E-state index in [0.29, 0.717) is 18.5 Å². The van der Waals surface area contributed by atoms with Crippen LogP contribution in [0.1, 0.15) is 37.7 Å². The number of piperidine rings is 1. The van der Waals surface area contributed by atoms with Crippen LogP contribution in [0.5, 0.6) is 0 Å². The number of carboxylic acids is 1. The van der Waals surface area contributed by atoms with Gasteiger partial charge in [0, 0.05) is 19.0 Å². The van der Waals surface area contributed by atoms with Crippen LogP contribution in [0.2, 0.25) is 0 Å². The van der Waals surface area contributed by atoms with Gasteiger partial charge in [0.05, 0.1) is 6.42 Å². The SMILES string of the molecule is O=C(O)CC[C@@H]1CCCCN1C(=O)Cc1cccc(F)c1. The summed E-state index contributed by atoms with van der Waals surface area (Å²) in [6.07, 6.45) is 3.55. The van der Waals surface area contributed by atoms with Crippen LogP contribution in [-0.2, 0) is 16.0 Å². The molecule has 1 aliphatic heterocycles. The van der Waals surface area contributed by atoms with Gasteiger partial charge >= 0.3 is 5.97 Å². The zero-order valence-electron chi connectivity index (χ0n) is 11.9. The molecule has 1 aromatic carbocycles. The van der Waals surface area contributed by atoms with Gasteiger partial charge in [0.15, 0.2) is 0 Å². The standard InChI is InChI=1S/C16H20FNO3/c17-13-5-3-4-12(10-13)11-15(19)18-9-2-1-6-14(18)7-8-16(20)21/h3-5,10,14H,1-2,6-9,11H2,(H,20,21)/t14-/m0/s1. The van der Waals surface area contributed by atoms with Gasteiger partial charge in [0.25, 0.3) is 0 Å². The second-order valence-electron chi connectivity index (χ2n) is 5.48. The van der Waals surface area contributed by atoms with Crippen molar-refractivity contribution < 1.29 is 19.1 Å². The molecule has 1 fully saturated rings. The number of aliphatic carboxylic acids is 1. The first-order valence-corrected chi connectivity index (χ1v) is 7.32. The first kappa shape index (κ1) is 15.5. The zero-order valence-corrected chi connectivity index (χ0v) is 11.9. The zero-order chi connectivity index (χ0) is 15.2. The van der Waals surface area contributed by atoms with Crippen molar-refractivity contribution in [2.75, 3.05) is 6.54 Å². The number of carboxylic acid groups (broad SMARTS) is 1. The molecule has 0 aliphatic carbocycles. The Bertz CT molecular complexity index is 518. The Kier molecular flexibility index (Phi) is 5.31. The summed E-state index contributed by atoms with van der Waals surface area (Å²) in [7, 11) is 0. The fourth-order valence-corrected chi connectivity index (χ4v) is 2.84. The minimum Gasteiger partial charge on any atom is -0.481 e. The predicted octanol–water partition coefficient (Wildman–Crippen LogP) is 2.61. The van der Waals surface area contributed by atoms with Gasteiger partial charge in [0.1, 0.15) is 5.82 Å². The minimum absolute atomic E-state index is 0.00379. The molecular formula is C16H20FNO3. The number of rotatable bonds is 5. The van der Waals surface area contributed by atoms with Crippen molar-refractivity contribution in [1.82, 2.24) is 4.90 Å². The van der Waals surface area contributed by atoms with Crippen LogP contribution in [0.3, 0.4) is 0 Å². The number of halogens is 1. The predicted molar refractivity (Wildman–Crippen MR) is 76.3 cm³/mol. The number of benzene rings is 1. The Morgan fingerprint density at radius 1 is 1.33 bits per heavy atom. The van der Waals surface area contributed by atoms with Gasteiger partial charge in [-0.3, -0.25) is 9.59 Å². The molecule has 0 aromatic heterocycles. The number of likely N-dealkylation sites (tertiary alicyclic amines) is 1. The van der Waals surface area contributed by atoms with Gasteiger partial charge in [-0.05, 0) is 43.4 Å². The molecule has 1 saturated heterocycles. The average Bonchev–Trinajstić information content (AvgIpc) is 2.45. The molecule has 1 amide bonds. The lowest BCUT2D eigenvalue weighted by atomic mass is 9.97. The van der Waals surface area contributed by atoms with Crippen LogP contribution in [0, 0.1) is 5.82 Å². The highest BCUT2D eigenvalue weighted by atomic mass is 19.1. The molecule has 0 unspecified atom stereocenters. The van der Waals surface area contributed by atoms with Crippen molar-refractivity contribution in [2.45, 2.75) is 44.6 Å². The maximum absolute atomic E-state index is 13.2. The Labute approximate surface area is 123 Å². The van der Waals surface area contributed by atoms with E-state index in [1.54, 1.807) is 17.0 Å². The molecule has 0 spiro atoms. The smallest absolute Gasteiger partial charge is 0.303 e. The first-order valence-electron chi connectivity index (χ1n) is 7.32. The lowest BCUT2D eigenvalue weighted by molar-refractivity contribution is -0.139. The fraction of sp³-hybridized carbons (Fsp3) is 0.500. The van der Waals surface area contributed by atoms with E-state index in [0.717, 1.165) is 19.3 Å². The molecule has 21 heavy (non-hydrogen) atoms. The molecule has 1 heterocycles. The Balaban J connectivity index is 1.99. The van der Waals surface area contributed by atoms with Crippen LogP contribution < -0.4 is 0 Å². The van der Waals surface area contributed by atoms with Crippen molar-refractivity contribution in [2.24, 2.45) is 0 Å². The second kappa shape index (κ2) is 7.20. The number of hydrogen-bond donors (Lipinski definition) is 1. The molecule has 1 N–H and O–H groups in total. The number of carbonyl (C=O) groups excluding carboxylic acids is 1. The normalized spacial score (nSPS) is 18.5. The van der Waals surface area contributed by atoms with Crippen molar-refractivity contribution in [1.29, 1.82) is 0 Å². The molecule has 114 valence electrons. The van der Waals surface area contributed by atoms with Crippen molar-refractivity contribution >= 4 is 11.9 Å². The number of amides is 1. The summed E-state index contributed by atoms with van der Waals surface area (Å²) < 4.78 is 13.2. The molecule has 5 heteroatoms. The monoisotopic (exact) mass is 293 g/mol. The molecule has 1 aromatic rings. The van der Waals surface area contributed by atoms with Gasteiger partial charge in [0.2, 0.25) is 5.91 Å². The maximum atomic E-state index is 13.2. The summed E-state index contributed by atoms with van der Waals surface area (Å²) in [5.41, 5.74) is 0.655. The Morgan fingerprint density at radius 2 is 2.14 bits per heavy atom. The summed E-state index contributed by atoms with van der Waals surface area (Å²) in [6, 6.07) is 6.04. The van der Waals surface area contributed by atoms with Gasteiger partial charge in [-0.2, -0.15) is 0 Å². The Hall–Kier alpha value is -1.91. The highest BCUT2D eigenvalue weighted by Gasteiger charge is 2.26. The lowest BCUT2D eigenvalue weighted by Gasteiger charge is -2.35. The fourth-order valence-electron chi connectivity index (χ4n) is 2.84. The summed E-state index contributed by atoms with van der Waals surface area (Å²) >= 11 is 0. The van der Waals surface area contributed by atoms with E-state index in [2.05, 4.69) is 0 Å². The number of carbonyl (C=O) groups is 2. The van der Waals surface area contributed by atoms with E-state index in [1.807, 2.05) is 0 Å². The first-order chi connectivity index (χ1) is 10.1. The molecule has 0 radical (unpaired) electrons. The Morgan fingerprint density at radius 3 is 2.86 bits per heavy atom. The highest BCUT2D eigenvalue weighted by Crippen LogP contribution is 2.22. The van der Waals surface area contributed by atoms with Crippen LogP contribution in [0.15, 0.2) is 24.3 Å². The van der Waals surface area contributed by atoms with Crippen LogP contribution in [0.25, 0.3) is 0 Å². The quantitative estimate of drug-likeness (QED) is 0.908. The average molecular weight is 293 g/mol. The highest BCUT2D eigenvalue weighted by molar-refractivity contribution is 5.79. The molecule has 1 atom stereocenters. The van der Waals surface area contributed by atoms with Gasteiger partial charge in [-0.1, -0.05) is 12.1 Å². The van der Waals surface area contributed by atoms with Gasteiger partial charge in [-0.25, -0.2) is 4.39 Å². The number of hydrogen-bond acceptors (Lipinski definition) is 2. The van der Waals surface area contributed by atoms with Crippen LogP contribution in [-0.4, -0.2) is 34.5 Å². The van der Waals surface area contributed by atoms with Crippen molar-refractivity contribution in [3.63, 3.8) is 0 Å².